The van der Waals surface area contributed by atoms with Gasteiger partial charge in [-0.1, -0.05) is 39.0 Å². The molecule has 1 aromatic carbocycles. The molecule has 0 saturated carbocycles. The van der Waals surface area contributed by atoms with Gasteiger partial charge in [-0.25, -0.2) is 0 Å². The molecule has 2 rings (SSSR count). The van der Waals surface area contributed by atoms with Crippen molar-refractivity contribution < 1.29 is 0 Å². The summed E-state index contributed by atoms with van der Waals surface area (Å²) < 4.78 is 0. The van der Waals surface area contributed by atoms with Gasteiger partial charge in [-0.15, -0.1) is 0 Å². The van der Waals surface area contributed by atoms with Gasteiger partial charge in [0.15, 0.2) is 0 Å². The fourth-order valence-corrected chi connectivity index (χ4v) is 2.77. The average Bonchev–Trinajstić information content (AvgIpc) is 2.26. The zero-order valence-corrected chi connectivity index (χ0v) is 11.9. The van der Waals surface area contributed by atoms with Gasteiger partial charge < -0.3 is 0 Å². The maximum atomic E-state index is 2.56. The molecular formula is C16H25N. The lowest BCUT2D eigenvalue weighted by atomic mass is 9.80. The van der Waals surface area contributed by atoms with E-state index < -0.39 is 0 Å². The van der Waals surface area contributed by atoms with E-state index in [1.807, 2.05) is 0 Å². The minimum atomic E-state index is 0.269. The minimum Gasteiger partial charge on any atom is -0.296 e. The van der Waals surface area contributed by atoms with Crippen LogP contribution >= 0.6 is 0 Å². The van der Waals surface area contributed by atoms with Crippen LogP contribution in [0, 0.1) is 0 Å². The Morgan fingerprint density at radius 1 is 1.18 bits per heavy atom. The van der Waals surface area contributed by atoms with Gasteiger partial charge in [0, 0.05) is 19.1 Å². The number of rotatable bonds is 1. The molecule has 0 aromatic heterocycles. The first kappa shape index (κ1) is 12.6. The predicted molar refractivity (Wildman–Crippen MR) is 74.4 cm³/mol. The lowest BCUT2D eigenvalue weighted by molar-refractivity contribution is 0.202. The van der Waals surface area contributed by atoms with Crippen molar-refractivity contribution >= 4 is 0 Å². The Kier molecular flexibility index (Phi) is 3.31. The third-order valence-corrected chi connectivity index (χ3v) is 3.83. The standard InChI is InChI=1S/C16H25N/c1-12(2)17-10-9-14-13(11-17)7-6-8-15(14)16(3,4)5/h6-8,12H,9-11H2,1-5H3. The second kappa shape index (κ2) is 4.45. The van der Waals surface area contributed by atoms with Gasteiger partial charge in [-0.05, 0) is 42.4 Å². The Morgan fingerprint density at radius 2 is 1.88 bits per heavy atom. The van der Waals surface area contributed by atoms with Gasteiger partial charge in [-0.3, -0.25) is 4.90 Å². The summed E-state index contributed by atoms with van der Waals surface area (Å²) in [6, 6.07) is 7.49. The largest absolute Gasteiger partial charge is 0.296 e. The van der Waals surface area contributed by atoms with Crippen LogP contribution in [0.1, 0.15) is 51.3 Å². The number of hydrogen-bond acceptors (Lipinski definition) is 1. The Labute approximate surface area is 106 Å². The molecule has 0 aliphatic carbocycles. The van der Waals surface area contributed by atoms with E-state index in [9.17, 15) is 0 Å². The number of hydrogen-bond donors (Lipinski definition) is 0. The second-order valence-corrected chi connectivity index (χ2v) is 6.51. The summed E-state index contributed by atoms with van der Waals surface area (Å²) in [7, 11) is 0. The summed E-state index contributed by atoms with van der Waals surface area (Å²) in [6.45, 7) is 13.9. The summed E-state index contributed by atoms with van der Waals surface area (Å²) in [5.41, 5.74) is 4.96. The van der Waals surface area contributed by atoms with Crippen molar-refractivity contribution in [1.82, 2.24) is 4.90 Å². The molecule has 1 aliphatic heterocycles. The van der Waals surface area contributed by atoms with Crippen LogP contribution in [0.25, 0.3) is 0 Å². The Bertz CT molecular complexity index is 398. The Balaban J connectivity index is 2.36. The van der Waals surface area contributed by atoms with Gasteiger partial charge in [0.05, 0.1) is 0 Å². The van der Waals surface area contributed by atoms with Gasteiger partial charge in [0.2, 0.25) is 0 Å². The maximum absolute atomic E-state index is 2.56. The maximum Gasteiger partial charge on any atom is 0.0239 e. The van der Waals surface area contributed by atoms with E-state index in [0.29, 0.717) is 6.04 Å². The average molecular weight is 231 g/mol. The highest BCUT2D eigenvalue weighted by molar-refractivity contribution is 5.40. The lowest BCUT2D eigenvalue weighted by Crippen LogP contribution is -2.36. The predicted octanol–water partition coefficient (Wildman–Crippen LogP) is 3.75. The van der Waals surface area contributed by atoms with Gasteiger partial charge in [0.1, 0.15) is 0 Å². The fraction of sp³-hybridized carbons (Fsp3) is 0.625. The van der Waals surface area contributed by atoms with Crippen LogP contribution in [0.5, 0.6) is 0 Å². The van der Waals surface area contributed by atoms with E-state index in [1.165, 1.54) is 18.5 Å². The van der Waals surface area contributed by atoms with Crippen LogP contribution in [-0.4, -0.2) is 17.5 Å². The summed E-state index contributed by atoms with van der Waals surface area (Å²) in [6.07, 6.45) is 1.21. The molecule has 17 heavy (non-hydrogen) atoms. The molecule has 1 heteroatoms. The van der Waals surface area contributed by atoms with E-state index in [2.05, 4.69) is 57.7 Å². The molecule has 1 nitrogen and oxygen atoms in total. The van der Waals surface area contributed by atoms with E-state index in [4.69, 9.17) is 0 Å². The molecule has 1 aromatic rings. The second-order valence-electron chi connectivity index (χ2n) is 6.51. The van der Waals surface area contributed by atoms with Gasteiger partial charge in [0.25, 0.3) is 0 Å². The molecule has 0 amide bonds. The Morgan fingerprint density at radius 3 is 2.47 bits per heavy atom. The van der Waals surface area contributed by atoms with E-state index >= 15 is 0 Å². The highest BCUT2D eigenvalue weighted by atomic mass is 15.1. The molecule has 0 spiro atoms. The fourth-order valence-electron chi connectivity index (χ4n) is 2.77. The number of nitrogens with zero attached hydrogens (tertiary/aromatic N) is 1. The van der Waals surface area contributed by atoms with Crippen molar-refractivity contribution in [2.45, 2.75) is 59.0 Å². The van der Waals surface area contributed by atoms with Crippen molar-refractivity contribution in [3.05, 3.63) is 34.9 Å². The quantitative estimate of drug-likeness (QED) is 0.711. The van der Waals surface area contributed by atoms with Crippen LogP contribution in [0.2, 0.25) is 0 Å². The first-order valence-corrected chi connectivity index (χ1v) is 6.75. The van der Waals surface area contributed by atoms with Crippen molar-refractivity contribution in [1.29, 1.82) is 0 Å². The van der Waals surface area contributed by atoms with Crippen molar-refractivity contribution in [2.75, 3.05) is 6.54 Å². The third kappa shape index (κ3) is 2.55. The molecule has 0 N–H and O–H groups in total. The first-order chi connectivity index (χ1) is 7.89. The van der Waals surface area contributed by atoms with E-state index in [-0.39, 0.29) is 5.41 Å². The molecular weight excluding hydrogens is 206 g/mol. The molecule has 0 fully saturated rings. The minimum absolute atomic E-state index is 0.269. The molecule has 0 bridgehead atoms. The summed E-state index contributed by atoms with van der Waals surface area (Å²) in [5, 5.41) is 0. The third-order valence-electron chi connectivity index (χ3n) is 3.83. The van der Waals surface area contributed by atoms with Crippen LogP contribution in [-0.2, 0) is 18.4 Å². The topological polar surface area (TPSA) is 3.24 Å². The SMILES string of the molecule is CC(C)N1CCc2c(cccc2C(C)(C)C)C1. The summed E-state index contributed by atoms with van der Waals surface area (Å²) in [4.78, 5) is 2.56. The molecule has 0 atom stereocenters. The van der Waals surface area contributed by atoms with E-state index in [1.54, 1.807) is 11.1 Å². The van der Waals surface area contributed by atoms with Crippen LogP contribution < -0.4 is 0 Å². The van der Waals surface area contributed by atoms with Crippen LogP contribution in [0.3, 0.4) is 0 Å². The normalized spacial score (nSPS) is 17.3. The first-order valence-electron chi connectivity index (χ1n) is 6.75. The molecule has 0 unspecified atom stereocenters. The zero-order valence-electron chi connectivity index (χ0n) is 11.9. The molecule has 94 valence electrons. The number of benzene rings is 1. The lowest BCUT2D eigenvalue weighted by Gasteiger charge is -2.35. The van der Waals surface area contributed by atoms with Gasteiger partial charge in [-0.2, -0.15) is 0 Å². The van der Waals surface area contributed by atoms with Gasteiger partial charge >= 0.3 is 0 Å². The molecule has 0 saturated heterocycles. The Hall–Kier alpha value is -0.820. The van der Waals surface area contributed by atoms with Crippen molar-refractivity contribution in [3.8, 4) is 0 Å². The summed E-state index contributed by atoms with van der Waals surface area (Å²) >= 11 is 0. The van der Waals surface area contributed by atoms with Crippen LogP contribution in [0.15, 0.2) is 18.2 Å². The highest BCUT2D eigenvalue weighted by Gasteiger charge is 2.24. The monoisotopic (exact) mass is 231 g/mol. The molecule has 1 aliphatic rings. The smallest absolute Gasteiger partial charge is 0.0239 e. The highest BCUT2D eigenvalue weighted by Crippen LogP contribution is 2.31. The van der Waals surface area contributed by atoms with Crippen molar-refractivity contribution in [2.24, 2.45) is 0 Å². The summed E-state index contributed by atoms with van der Waals surface area (Å²) in [5.74, 6) is 0. The zero-order chi connectivity index (χ0) is 12.6. The molecule has 1 heterocycles. The van der Waals surface area contributed by atoms with Crippen molar-refractivity contribution in [3.63, 3.8) is 0 Å². The van der Waals surface area contributed by atoms with E-state index in [0.717, 1.165) is 6.54 Å². The molecule has 0 radical (unpaired) electrons. The number of fused-ring (bicyclic) bond motifs is 1. The van der Waals surface area contributed by atoms with Crippen LogP contribution in [0.4, 0.5) is 0 Å².